The van der Waals surface area contributed by atoms with Gasteiger partial charge >= 0.3 is 6.18 Å². The minimum absolute atomic E-state index is 0.140. The molecule has 0 saturated heterocycles. The van der Waals surface area contributed by atoms with Gasteiger partial charge in [-0.2, -0.15) is 13.2 Å². The first-order valence-corrected chi connectivity index (χ1v) is 4.85. The van der Waals surface area contributed by atoms with Crippen LogP contribution in [0.3, 0.4) is 0 Å². The van der Waals surface area contributed by atoms with Crippen LogP contribution in [-0.2, 0) is 4.74 Å². The van der Waals surface area contributed by atoms with Gasteiger partial charge in [0, 0.05) is 12.6 Å². The summed E-state index contributed by atoms with van der Waals surface area (Å²) in [4.78, 5) is 0. The number of rotatable bonds is 7. The molecule has 0 aliphatic rings. The van der Waals surface area contributed by atoms with Gasteiger partial charge in [-0.1, -0.05) is 6.92 Å². The van der Waals surface area contributed by atoms with Crippen LogP contribution in [0.1, 0.15) is 32.6 Å². The normalized spacial score (nSPS) is 14.4. The number of alkyl halides is 3. The lowest BCUT2D eigenvalue weighted by Crippen LogP contribution is -2.19. The van der Waals surface area contributed by atoms with E-state index in [1.807, 2.05) is 6.92 Å². The molecule has 0 bridgehead atoms. The van der Waals surface area contributed by atoms with Crippen molar-refractivity contribution < 1.29 is 17.9 Å². The molecule has 0 saturated carbocycles. The maximum atomic E-state index is 11.6. The molecule has 0 amide bonds. The summed E-state index contributed by atoms with van der Waals surface area (Å²) < 4.78 is 39.8. The largest absolute Gasteiger partial charge is 0.391 e. The standard InChI is InChI=1S/C9H18F3NO/c1-2-8(13)4-3-6-14-7-5-9(10,11)12/h8H,2-7,13H2,1H3. The van der Waals surface area contributed by atoms with Crippen molar-refractivity contribution in [2.24, 2.45) is 5.73 Å². The van der Waals surface area contributed by atoms with E-state index in [1.54, 1.807) is 0 Å². The molecule has 0 aromatic heterocycles. The second-order valence-electron chi connectivity index (χ2n) is 3.29. The Balaban J connectivity index is 3.14. The van der Waals surface area contributed by atoms with Crippen molar-refractivity contribution in [1.82, 2.24) is 0 Å². The third kappa shape index (κ3) is 9.80. The zero-order valence-electron chi connectivity index (χ0n) is 8.44. The molecule has 0 radical (unpaired) electrons. The van der Waals surface area contributed by atoms with E-state index in [9.17, 15) is 13.2 Å². The van der Waals surface area contributed by atoms with Gasteiger partial charge in [-0.05, 0) is 19.3 Å². The van der Waals surface area contributed by atoms with Crippen LogP contribution in [0.15, 0.2) is 0 Å². The minimum atomic E-state index is -4.11. The molecular weight excluding hydrogens is 195 g/mol. The molecule has 0 spiro atoms. The zero-order chi connectivity index (χ0) is 11.0. The van der Waals surface area contributed by atoms with Crippen molar-refractivity contribution in [2.75, 3.05) is 13.2 Å². The lowest BCUT2D eigenvalue weighted by Gasteiger charge is -2.09. The van der Waals surface area contributed by atoms with Gasteiger partial charge in [-0.3, -0.25) is 0 Å². The van der Waals surface area contributed by atoms with Crippen molar-refractivity contribution in [3.63, 3.8) is 0 Å². The minimum Gasteiger partial charge on any atom is -0.381 e. The Labute approximate surface area is 82.6 Å². The number of halogens is 3. The molecule has 5 heteroatoms. The summed E-state index contributed by atoms with van der Waals surface area (Å²) in [7, 11) is 0. The smallest absolute Gasteiger partial charge is 0.381 e. The van der Waals surface area contributed by atoms with Crippen LogP contribution in [0.25, 0.3) is 0 Å². The number of ether oxygens (including phenoxy) is 1. The number of nitrogens with two attached hydrogens (primary N) is 1. The van der Waals surface area contributed by atoms with Gasteiger partial charge in [0.05, 0.1) is 13.0 Å². The topological polar surface area (TPSA) is 35.2 Å². The van der Waals surface area contributed by atoms with Gasteiger partial charge < -0.3 is 10.5 Å². The molecular formula is C9H18F3NO. The van der Waals surface area contributed by atoms with Crippen LogP contribution >= 0.6 is 0 Å². The van der Waals surface area contributed by atoms with E-state index in [1.165, 1.54) is 0 Å². The van der Waals surface area contributed by atoms with Crippen molar-refractivity contribution >= 4 is 0 Å². The fourth-order valence-corrected chi connectivity index (χ4v) is 0.942. The Morgan fingerprint density at radius 1 is 1.29 bits per heavy atom. The molecule has 0 aromatic rings. The predicted molar refractivity (Wildman–Crippen MR) is 49.0 cm³/mol. The van der Waals surface area contributed by atoms with Crippen molar-refractivity contribution in [2.45, 2.75) is 44.8 Å². The molecule has 2 nitrogen and oxygen atoms in total. The van der Waals surface area contributed by atoms with Crippen LogP contribution < -0.4 is 5.73 Å². The molecule has 1 atom stereocenters. The Bertz CT molecular complexity index is 139. The average molecular weight is 213 g/mol. The van der Waals surface area contributed by atoms with Crippen LogP contribution in [0.4, 0.5) is 13.2 Å². The van der Waals surface area contributed by atoms with Crippen LogP contribution in [-0.4, -0.2) is 25.4 Å². The second-order valence-corrected chi connectivity index (χ2v) is 3.29. The maximum Gasteiger partial charge on any atom is 0.391 e. The van der Waals surface area contributed by atoms with E-state index in [4.69, 9.17) is 10.5 Å². The maximum absolute atomic E-state index is 11.6. The van der Waals surface area contributed by atoms with Crippen molar-refractivity contribution in [3.8, 4) is 0 Å². The first-order valence-electron chi connectivity index (χ1n) is 4.85. The third-order valence-electron chi connectivity index (χ3n) is 1.92. The monoisotopic (exact) mass is 213 g/mol. The van der Waals surface area contributed by atoms with Gasteiger partial charge in [-0.15, -0.1) is 0 Å². The molecule has 86 valence electrons. The van der Waals surface area contributed by atoms with Crippen LogP contribution in [0.5, 0.6) is 0 Å². The SMILES string of the molecule is CCC(N)CCCOCCC(F)(F)F. The molecule has 0 aliphatic carbocycles. The van der Waals surface area contributed by atoms with Gasteiger partial charge in [0.15, 0.2) is 0 Å². The molecule has 14 heavy (non-hydrogen) atoms. The Kier molecular flexibility index (Phi) is 6.92. The highest BCUT2D eigenvalue weighted by Gasteiger charge is 2.26. The molecule has 1 unspecified atom stereocenters. The lowest BCUT2D eigenvalue weighted by molar-refractivity contribution is -0.145. The van der Waals surface area contributed by atoms with E-state index in [-0.39, 0.29) is 12.6 Å². The molecule has 0 aliphatic heterocycles. The Morgan fingerprint density at radius 2 is 1.93 bits per heavy atom. The van der Waals surface area contributed by atoms with E-state index >= 15 is 0 Å². The Hall–Kier alpha value is -0.290. The number of hydrogen-bond acceptors (Lipinski definition) is 2. The van der Waals surface area contributed by atoms with Crippen molar-refractivity contribution in [3.05, 3.63) is 0 Å². The highest BCUT2D eigenvalue weighted by atomic mass is 19.4. The molecule has 0 fully saturated rings. The quantitative estimate of drug-likeness (QED) is 0.659. The molecule has 0 heterocycles. The molecule has 0 aromatic carbocycles. The average Bonchev–Trinajstić information content (AvgIpc) is 2.08. The number of hydrogen-bond donors (Lipinski definition) is 1. The summed E-state index contributed by atoms with van der Waals surface area (Å²) >= 11 is 0. The summed E-state index contributed by atoms with van der Waals surface area (Å²) in [5.41, 5.74) is 5.62. The van der Waals surface area contributed by atoms with Crippen molar-refractivity contribution in [1.29, 1.82) is 0 Å². The van der Waals surface area contributed by atoms with E-state index < -0.39 is 12.6 Å². The van der Waals surface area contributed by atoms with Crippen LogP contribution in [0, 0.1) is 0 Å². The predicted octanol–water partition coefficient (Wildman–Crippen LogP) is 2.47. The second kappa shape index (κ2) is 7.06. The van der Waals surface area contributed by atoms with E-state index in [0.717, 1.165) is 19.3 Å². The fraction of sp³-hybridized carbons (Fsp3) is 1.00. The highest BCUT2D eigenvalue weighted by Crippen LogP contribution is 2.18. The zero-order valence-corrected chi connectivity index (χ0v) is 8.44. The molecule has 2 N–H and O–H groups in total. The van der Waals surface area contributed by atoms with E-state index in [0.29, 0.717) is 6.61 Å². The Morgan fingerprint density at radius 3 is 2.43 bits per heavy atom. The first-order chi connectivity index (χ1) is 6.45. The van der Waals surface area contributed by atoms with Gasteiger partial charge in [0.2, 0.25) is 0 Å². The fourth-order valence-electron chi connectivity index (χ4n) is 0.942. The van der Waals surface area contributed by atoms with Gasteiger partial charge in [-0.25, -0.2) is 0 Å². The van der Waals surface area contributed by atoms with Gasteiger partial charge in [0.25, 0.3) is 0 Å². The molecule has 0 rings (SSSR count). The summed E-state index contributed by atoms with van der Waals surface area (Å²) in [6.07, 6.45) is -2.55. The highest BCUT2D eigenvalue weighted by molar-refractivity contribution is 4.57. The lowest BCUT2D eigenvalue weighted by atomic mass is 10.1. The third-order valence-corrected chi connectivity index (χ3v) is 1.92. The summed E-state index contributed by atoms with van der Waals surface area (Å²) in [5, 5.41) is 0. The summed E-state index contributed by atoms with van der Waals surface area (Å²) in [6, 6.07) is 0.140. The first kappa shape index (κ1) is 13.7. The summed E-state index contributed by atoms with van der Waals surface area (Å²) in [5.74, 6) is 0. The van der Waals surface area contributed by atoms with Gasteiger partial charge in [0.1, 0.15) is 0 Å². The van der Waals surface area contributed by atoms with E-state index in [2.05, 4.69) is 0 Å². The summed E-state index contributed by atoms with van der Waals surface area (Å²) in [6.45, 7) is 2.10. The van der Waals surface area contributed by atoms with Crippen LogP contribution in [0.2, 0.25) is 0 Å².